The van der Waals surface area contributed by atoms with Crippen LogP contribution in [0.4, 0.5) is 13.2 Å². The van der Waals surface area contributed by atoms with E-state index in [0.717, 1.165) is 12.5 Å². The monoisotopic (exact) mass is 229 g/mol. The predicted octanol–water partition coefficient (Wildman–Crippen LogP) is 2.46. The molecule has 0 aliphatic carbocycles. The van der Waals surface area contributed by atoms with Crippen LogP contribution < -0.4 is 0 Å². The molecule has 0 aromatic carbocycles. The van der Waals surface area contributed by atoms with Crippen molar-refractivity contribution >= 4 is 0 Å². The minimum atomic E-state index is -4.45. The van der Waals surface area contributed by atoms with Gasteiger partial charge in [-0.05, 0) is 19.1 Å². The van der Waals surface area contributed by atoms with E-state index in [4.69, 9.17) is 4.42 Å². The van der Waals surface area contributed by atoms with Gasteiger partial charge in [0, 0.05) is 0 Å². The molecule has 0 aliphatic rings. The Morgan fingerprint density at radius 2 is 2.00 bits per heavy atom. The largest absolute Gasteiger partial charge is 0.433 e. The van der Waals surface area contributed by atoms with Crippen molar-refractivity contribution in [3.05, 3.63) is 29.9 Å². The molecule has 0 radical (unpaired) electrons. The number of aromatic nitrogens is 3. The van der Waals surface area contributed by atoms with Gasteiger partial charge in [-0.3, -0.25) is 0 Å². The van der Waals surface area contributed by atoms with E-state index in [0.29, 0.717) is 5.56 Å². The Bertz CT molecular complexity index is 493. The fraction of sp³-hybridized carbons (Fsp3) is 0.222. The zero-order chi connectivity index (χ0) is 11.8. The summed E-state index contributed by atoms with van der Waals surface area (Å²) in [6.45, 7) is 1.45. The molecule has 0 N–H and O–H groups in total. The van der Waals surface area contributed by atoms with E-state index in [9.17, 15) is 13.2 Å². The standard InChI is InChI=1S/C9H6F3N3O/c1-5-6(8-15-13-4-16-8)2-3-7(14-5)9(10,11)12/h2-4H,1H3. The summed E-state index contributed by atoms with van der Waals surface area (Å²) in [5.74, 6) is 0.152. The molecule has 2 rings (SSSR count). The Kier molecular flexibility index (Phi) is 2.37. The number of alkyl halides is 3. The SMILES string of the molecule is Cc1nc(C(F)(F)F)ccc1-c1nnco1. The highest BCUT2D eigenvalue weighted by Gasteiger charge is 2.32. The van der Waals surface area contributed by atoms with E-state index >= 15 is 0 Å². The summed E-state index contributed by atoms with van der Waals surface area (Å²) in [4.78, 5) is 3.45. The van der Waals surface area contributed by atoms with Crippen LogP contribution in [0, 0.1) is 6.92 Å². The van der Waals surface area contributed by atoms with Gasteiger partial charge in [0.05, 0.1) is 11.3 Å². The lowest BCUT2D eigenvalue weighted by Crippen LogP contribution is -2.08. The highest BCUT2D eigenvalue weighted by atomic mass is 19.4. The maximum atomic E-state index is 12.3. The average Bonchev–Trinajstić information content (AvgIpc) is 2.69. The minimum Gasteiger partial charge on any atom is -0.423 e. The average molecular weight is 229 g/mol. The summed E-state index contributed by atoms with van der Waals surface area (Å²) < 4.78 is 41.9. The molecule has 4 nitrogen and oxygen atoms in total. The van der Waals surface area contributed by atoms with Crippen LogP contribution >= 0.6 is 0 Å². The molecule has 0 spiro atoms. The van der Waals surface area contributed by atoms with Gasteiger partial charge in [0.15, 0.2) is 0 Å². The van der Waals surface area contributed by atoms with Crippen molar-refractivity contribution < 1.29 is 17.6 Å². The van der Waals surface area contributed by atoms with Gasteiger partial charge in [0.25, 0.3) is 0 Å². The van der Waals surface area contributed by atoms with Gasteiger partial charge in [-0.1, -0.05) is 0 Å². The van der Waals surface area contributed by atoms with E-state index in [1.807, 2.05) is 0 Å². The molecule has 16 heavy (non-hydrogen) atoms. The molecule has 2 aromatic rings. The maximum absolute atomic E-state index is 12.3. The Morgan fingerprint density at radius 1 is 1.25 bits per heavy atom. The molecule has 0 bridgehead atoms. The summed E-state index contributed by atoms with van der Waals surface area (Å²) in [7, 11) is 0. The molecule has 0 unspecified atom stereocenters. The van der Waals surface area contributed by atoms with Crippen molar-refractivity contribution in [3.8, 4) is 11.5 Å². The van der Waals surface area contributed by atoms with E-state index in [1.165, 1.54) is 13.0 Å². The second-order valence-electron chi connectivity index (χ2n) is 3.07. The molecule has 2 heterocycles. The third kappa shape index (κ3) is 1.88. The summed E-state index contributed by atoms with van der Waals surface area (Å²) >= 11 is 0. The first-order valence-corrected chi connectivity index (χ1v) is 4.30. The number of nitrogens with zero attached hydrogens (tertiary/aromatic N) is 3. The highest BCUT2D eigenvalue weighted by molar-refractivity contribution is 5.55. The van der Waals surface area contributed by atoms with Crippen molar-refractivity contribution in [2.75, 3.05) is 0 Å². The molecule has 2 aromatic heterocycles. The van der Waals surface area contributed by atoms with E-state index < -0.39 is 11.9 Å². The number of halogens is 3. The molecule has 0 amide bonds. The zero-order valence-corrected chi connectivity index (χ0v) is 8.12. The van der Waals surface area contributed by atoms with Crippen LogP contribution in [0.2, 0.25) is 0 Å². The first kappa shape index (κ1) is 10.6. The van der Waals surface area contributed by atoms with Crippen molar-refractivity contribution in [2.45, 2.75) is 13.1 Å². The van der Waals surface area contributed by atoms with Gasteiger partial charge in [-0.25, -0.2) is 4.98 Å². The summed E-state index contributed by atoms with van der Waals surface area (Å²) in [6, 6.07) is 2.14. The molecule has 84 valence electrons. The highest BCUT2D eigenvalue weighted by Crippen LogP contribution is 2.30. The van der Waals surface area contributed by atoms with Gasteiger partial charge in [0.2, 0.25) is 12.3 Å². The van der Waals surface area contributed by atoms with Gasteiger partial charge < -0.3 is 4.42 Å². The summed E-state index contributed by atoms with van der Waals surface area (Å²) in [6.07, 6.45) is -3.34. The minimum absolute atomic E-state index is 0.152. The third-order valence-corrected chi connectivity index (χ3v) is 1.97. The molecule has 0 saturated heterocycles. The van der Waals surface area contributed by atoms with Gasteiger partial charge >= 0.3 is 6.18 Å². The molecule has 0 fully saturated rings. The normalized spacial score (nSPS) is 11.8. The zero-order valence-electron chi connectivity index (χ0n) is 8.12. The Hall–Kier alpha value is -1.92. The maximum Gasteiger partial charge on any atom is 0.433 e. The lowest BCUT2D eigenvalue weighted by atomic mass is 10.2. The number of rotatable bonds is 1. The smallest absolute Gasteiger partial charge is 0.423 e. The fourth-order valence-corrected chi connectivity index (χ4v) is 1.24. The van der Waals surface area contributed by atoms with Crippen molar-refractivity contribution in [1.29, 1.82) is 0 Å². The van der Waals surface area contributed by atoms with E-state index in [-0.39, 0.29) is 11.6 Å². The van der Waals surface area contributed by atoms with Crippen LogP contribution in [0.15, 0.2) is 22.9 Å². The first-order chi connectivity index (χ1) is 7.48. The molecule has 0 aliphatic heterocycles. The van der Waals surface area contributed by atoms with Crippen LogP contribution in [-0.2, 0) is 6.18 Å². The van der Waals surface area contributed by atoms with Crippen LogP contribution in [0.1, 0.15) is 11.4 Å². The van der Waals surface area contributed by atoms with E-state index in [2.05, 4.69) is 15.2 Å². The second kappa shape index (κ2) is 3.58. The first-order valence-electron chi connectivity index (χ1n) is 4.30. The van der Waals surface area contributed by atoms with Gasteiger partial charge in [-0.2, -0.15) is 13.2 Å². The number of hydrogen-bond donors (Lipinski definition) is 0. The Balaban J connectivity index is 2.46. The van der Waals surface area contributed by atoms with Gasteiger partial charge in [0.1, 0.15) is 5.69 Å². The number of hydrogen-bond acceptors (Lipinski definition) is 4. The fourth-order valence-electron chi connectivity index (χ4n) is 1.24. The molecule has 0 atom stereocenters. The van der Waals surface area contributed by atoms with Crippen molar-refractivity contribution in [3.63, 3.8) is 0 Å². The van der Waals surface area contributed by atoms with Crippen LogP contribution in [0.3, 0.4) is 0 Å². The Labute approximate surface area is 88.1 Å². The summed E-state index contributed by atoms with van der Waals surface area (Å²) in [5, 5.41) is 7.05. The number of pyridine rings is 1. The molecule has 0 saturated carbocycles. The van der Waals surface area contributed by atoms with Crippen LogP contribution in [0.25, 0.3) is 11.5 Å². The summed E-state index contributed by atoms with van der Waals surface area (Å²) in [5.41, 5.74) is -0.349. The third-order valence-electron chi connectivity index (χ3n) is 1.97. The predicted molar refractivity (Wildman–Crippen MR) is 47.3 cm³/mol. The lowest BCUT2D eigenvalue weighted by Gasteiger charge is -2.07. The van der Waals surface area contributed by atoms with Crippen LogP contribution in [0.5, 0.6) is 0 Å². The van der Waals surface area contributed by atoms with Crippen molar-refractivity contribution in [2.24, 2.45) is 0 Å². The lowest BCUT2D eigenvalue weighted by molar-refractivity contribution is -0.141. The molecular formula is C9H6F3N3O. The van der Waals surface area contributed by atoms with Crippen LogP contribution in [-0.4, -0.2) is 15.2 Å². The second-order valence-corrected chi connectivity index (χ2v) is 3.07. The Morgan fingerprint density at radius 3 is 2.50 bits per heavy atom. The molecule has 7 heteroatoms. The quantitative estimate of drug-likeness (QED) is 0.753. The topological polar surface area (TPSA) is 51.8 Å². The molecular weight excluding hydrogens is 223 g/mol. The van der Waals surface area contributed by atoms with Gasteiger partial charge in [-0.15, -0.1) is 10.2 Å². The number of aryl methyl sites for hydroxylation is 1. The van der Waals surface area contributed by atoms with E-state index in [1.54, 1.807) is 0 Å². The van der Waals surface area contributed by atoms with Crippen molar-refractivity contribution in [1.82, 2.24) is 15.2 Å².